The number of carbonyl (C=O) groups is 1. The largest absolute Gasteiger partial charge is 0.465 e. The quantitative estimate of drug-likeness (QED) is 0.772. The molecule has 0 heterocycles. The zero-order valence-electron chi connectivity index (χ0n) is 7.46. The van der Waals surface area contributed by atoms with Gasteiger partial charge in [0, 0.05) is 17.6 Å². The van der Waals surface area contributed by atoms with Gasteiger partial charge in [0.05, 0.1) is 0 Å². The van der Waals surface area contributed by atoms with Gasteiger partial charge in [-0.3, -0.25) is 0 Å². The lowest BCUT2D eigenvalue weighted by atomic mass is 10.1. The maximum atomic E-state index is 10.3. The summed E-state index contributed by atoms with van der Waals surface area (Å²) in [5.74, 6) is 0. The van der Waals surface area contributed by atoms with Gasteiger partial charge in [-0.15, -0.1) is 0 Å². The van der Waals surface area contributed by atoms with Crippen LogP contribution in [0.4, 0.5) is 4.79 Å². The van der Waals surface area contributed by atoms with Crippen LogP contribution in [0.15, 0.2) is 22.7 Å². The number of nitrogens with one attached hydrogen (secondary N) is 1. The summed E-state index contributed by atoms with van der Waals surface area (Å²) in [6.45, 7) is 0.686. The summed E-state index contributed by atoms with van der Waals surface area (Å²) in [5, 5.41) is 10.8. The normalized spacial score (nSPS) is 9.86. The molecule has 1 aromatic carbocycles. The summed E-state index contributed by atoms with van der Waals surface area (Å²) in [6.07, 6.45) is -1.03. The van der Waals surface area contributed by atoms with Crippen molar-refractivity contribution in [3.8, 4) is 0 Å². The minimum absolute atomic E-state index is 0.279. The van der Waals surface area contributed by atoms with Gasteiger partial charge in [0.15, 0.2) is 0 Å². The Labute approximate surface area is 90.2 Å². The van der Waals surface area contributed by atoms with E-state index in [4.69, 9.17) is 10.8 Å². The van der Waals surface area contributed by atoms with Crippen LogP contribution in [0, 0.1) is 0 Å². The zero-order valence-corrected chi connectivity index (χ0v) is 9.04. The molecular formula is C9H11BrN2O2. The van der Waals surface area contributed by atoms with Gasteiger partial charge in [0.25, 0.3) is 0 Å². The molecule has 0 aliphatic carbocycles. The summed E-state index contributed by atoms with van der Waals surface area (Å²) in [4.78, 5) is 10.3. The van der Waals surface area contributed by atoms with Crippen LogP contribution in [-0.4, -0.2) is 11.2 Å². The number of hydrogen-bond acceptors (Lipinski definition) is 2. The van der Waals surface area contributed by atoms with Crippen LogP contribution < -0.4 is 11.1 Å². The molecule has 1 rings (SSSR count). The van der Waals surface area contributed by atoms with E-state index in [1.807, 2.05) is 18.2 Å². The van der Waals surface area contributed by atoms with Gasteiger partial charge in [-0.05, 0) is 23.3 Å². The fourth-order valence-corrected chi connectivity index (χ4v) is 1.54. The molecule has 0 saturated heterocycles. The minimum atomic E-state index is -1.03. The highest BCUT2D eigenvalue weighted by atomic mass is 79.9. The van der Waals surface area contributed by atoms with Gasteiger partial charge >= 0.3 is 6.09 Å². The van der Waals surface area contributed by atoms with Crippen molar-refractivity contribution in [2.75, 3.05) is 0 Å². The predicted molar refractivity (Wildman–Crippen MR) is 56.9 cm³/mol. The number of nitrogens with two attached hydrogens (primary N) is 1. The first-order valence-electron chi connectivity index (χ1n) is 4.07. The second-order valence-corrected chi connectivity index (χ2v) is 3.69. The molecular weight excluding hydrogens is 248 g/mol. The molecule has 0 aliphatic heterocycles. The Kier molecular flexibility index (Phi) is 3.91. The number of halogens is 1. The van der Waals surface area contributed by atoms with E-state index >= 15 is 0 Å². The Morgan fingerprint density at radius 2 is 2.21 bits per heavy atom. The molecule has 4 N–H and O–H groups in total. The van der Waals surface area contributed by atoms with Crippen molar-refractivity contribution in [2.24, 2.45) is 5.73 Å². The lowest BCUT2D eigenvalue weighted by Crippen LogP contribution is -2.21. The van der Waals surface area contributed by atoms with E-state index < -0.39 is 6.09 Å². The molecule has 0 radical (unpaired) electrons. The average Bonchev–Trinajstić information content (AvgIpc) is 2.15. The van der Waals surface area contributed by atoms with Crippen molar-refractivity contribution in [1.82, 2.24) is 5.32 Å². The Bertz CT molecular complexity index is 342. The van der Waals surface area contributed by atoms with E-state index in [2.05, 4.69) is 21.2 Å². The van der Waals surface area contributed by atoms with Crippen LogP contribution in [0.2, 0.25) is 0 Å². The van der Waals surface area contributed by atoms with Crippen LogP contribution in [0.25, 0.3) is 0 Å². The summed E-state index contributed by atoms with van der Waals surface area (Å²) in [7, 11) is 0. The van der Waals surface area contributed by atoms with Crippen LogP contribution in [0.3, 0.4) is 0 Å². The van der Waals surface area contributed by atoms with Crippen LogP contribution >= 0.6 is 15.9 Å². The average molecular weight is 259 g/mol. The first-order valence-corrected chi connectivity index (χ1v) is 4.87. The fourth-order valence-electron chi connectivity index (χ4n) is 1.13. The Morgan fingerprint density at radius 1 is 1.50 bits per heavy atom. The van der Waals surface area contributed by atoms with Crippen molar-refractivity contribution in [3.05, 3.63) is 33.8 Å². The predicted octanol–water partition coefficient (Wildman–Crippen LogP) is 1.68. The lowest BCUT2D eigenvalue weighted by molar-refractivity contribution is 0.194. The molecule has 0 bridgehead atoms. The Morgan fingerprint density at radius 3 is 2.79 bits per heavy atom. The molecule has 1 aromatic rings. The Balaban J connectivity index is 2.82. The number of amides is 1. The minimum Gasteiger partial charge on any atom is -0.465 e. The van der Waals surface area contributed by atoms with Crippen molar-refractivity contribution in [2.45, 2.75) is 13.1 Å². The highest BCUT2D eigenvalue weighted by molar-refractivity contribution is 9.10. The lowest BCUT2D eigenvalue weighted by Gasteiger charge is -2.07. The topological polar surface area (TPSA) is 75.3 Å². The van der Waals surface area contributed by atoms with E-state index in [0.29, 0.717) is 6.54 Å². The Hall–Kier alpha value is -1.07. The van der Waals surface area contributed by atoms with Gasteiger partial charge in [-0.25, -0.2) is 4.79 Å². The van der Waals surface area contributed by atoms with E-state index in [9.17, 15) is 4.79 Å². The smallest absolute Gasteiger partial charge is 0.404 e. The van der Waals surface area contributed by atoms with Crippen molar-refractivity contribution < 1.29 is 9.90 Å². The monoisotopic (exact) mass is 258 g/mol. The summed E-state index contributed by atoms with van der Waals surface area (Å²) in [5.41, 5.74) is 7.36. The summed E-state index contributed by atoms with van der Waals surface area (Å²) in [6, 6.07) is 5.62. The number of carboxylic acid groups (broad SMARTS) is 1. The van der Waals surface area contributed by atoms with Gasteiger partial charge in [-0.1, -0.05) is 22.0 Å². The maximum absolute atomic E-state index is 10.3. The van der Waals surface area contributed by atoms with E-state index in [-0.39, 0.29) is 6.54 Å². The molecule has 14 heavy (non-hydrogen) atoms. The van der Waals surface area contributed by atoms with E-state index in [0.717, 1.165) is 15.6 Å². The third kappa shape index (κ3) is 3.01. The molecule has 0 atom stereocenters. The molecule has 5 heteroatoms. The summed E-state index contributed by atoms with van der Waals surface area (Å²) >= 11 is 3.32. The molecule has 1 amide bonds. The molecule has 0 fully saturated rings. The maximum Gasteiger partial charge on any atom is 0.404 e. The number of benzene rings is 1. The molecule has 0 aromatic heterocycles. The number of rotatable bonds is 3. The van der Waals surface area contributed by atoms with Crippen molar-refractivity contribution >= 4 is 22.0 Å². The van der Waals surface area contributed by atoms with Gasteiger partial charge in [-0.2, -0.15) is 0 Å². The number of hydrogen-bond donors (Lipinski definition) is 3. The standard InChI is InChI=1S/C9H11BrN2O2/c10-8-2-1-6(4-11)7(3-8)5-12-9(13)14/h1-3,12H,4-5,11H2,(H,13,14). The van der Waals surface area contributed by atoms with Crippen LogP contribution in [0.1, 0.15) is 11.1 Å². The second kappa shape index (κ2) is 4.97. The van der Waals surface area contributed by atoms with Gasteiger partial charge in [0.2, 0.25) is 0 Å². The van der Waals surface area contributed by atoms with Crippen molar-refractivity contribution in [1.29, 1.82) is 0 Å². The van der Waals surface area contributed by atoms with Crippen molar-refractivity contribution in [3.63, 3.8) is 0 Å². The third-order valence-corrected chi connectivity index (χ3v) is 2.31. The molecule has 0 aliphatic rings. The van der Waals surface area contributed by atoms with Crippen LogP contribution in [0.5, 0.6) is 0 Å². The zero-order chi connectivity index (χ0) is 10.6. The molecule has 0 unspecified atom stereocenters. The fraction of sp³-hybridized carbons (Fsp3) is 0.222. The molecule has 76 valence electrons. The van der Waals surface area contributed by atoms with Gasteiger partial charge < -0.3 is 16.2 Å². The second-order valence-electron chi connectivity index (χ2n) is 2.78. The first-order chi connectivity index (χ1) is 6.63. The van der Waals surface area contributed by atoms with Crippen LogP contribution in [-0.2, 0) is 13.1 Å². The van der Waals surface area contributed by atoms with E-state index in [1.165, 1.54) is 0 Å². The molecule has 0 saturated carbocycles. The first kappa shape index (κ1) is 11.0. The van der Waals surface area contributed by atoms with Gasteiger partial charge in [0.1, 0.15) is 0 Å². The highest BCUT2D eigenvalue weighted by Gasteiger charge is 2.03. The highest BCUT2D eigenvalue weighted by Crippen LogP contribution is 2.16. The SMILES string of the molecule is NCc1ccc(Br)cc1CNC(=O)O. The molecule has 0 spiro atoms. The summed E-state index contributed by atoms with van der Waals surface area (Å²) < 4.78 is 0.914. The van der Waals surface area contributed by atoms with E-state index in [1.54, 1.807) is 0 Å². The third-order valence-electron chi connectivity index (χ3n) is 1.82. The molecule has 4 nitrogen and oxygen atoms in total.